The van der Waals surface area contributed by atoms with Crippen molar-refractivity contribution in [1.82, 2.24) is 15.2 Å². The second kappa shape index (κ2) is 6.41. The highest BCUT2D eigenvalue weighted by molar-refractivity contribution is 7.99. The van der Waals surface area contributed by atoms with Crippen LogP contribution in [0, 0.1) is 0 Å². The number of aromatic nitrogens is 1. The minimum absolute atomic E-state index is 0.0409. The highest BCUT2D eigenvalue weighted by Crippen LogP contribution is 2.30. The molecule has 2 saturated heterocycles. The van der Waals surface area contributed by atoms with Gasteiger partial charge in [0.1, 0.15) is 10.7 Å². The highest BCUT2D eigenvalue weighted by atomic mass is 32.2. The fraction of sp³-hybridized carbons (Fsp3) is 0.692. The van der Waals surface area contributed by atoms with Gasteiger partial charge in [-0.2, -0.15) is 11.8 Å². The van der Waals surface area contributed by atoms with Crippen LogP contribution in [0.1, 0.15) is 16.6 Å². The van der Waals surface area contributed by atoms with E-state index in [4.69, 9.17) is 5.73 Å². The van der Waals surface area contributed by atoms with Gasteiger partial charge in [-0.05, 0) is 6.92 Å². The first-order chi connectivity index (χ1) is 10.2. The number of anilines is 2. The van der Waals surface area contributed by atoms with E-state index in [1.54, 1.807) is 0 Å². The molecule has 0 bridgehead atoms. The molecule has 1 amide bonds. The summed E-state index contributed by atoms with van der Waals surface area (Å²) in [6, 6.07) is 0.264. The Labute approximate surface area is 133 Å². The van der Waals surface area contributed by atoms with Gasteiger partial charge in [0.2, 0.25) is 0 Å². The summed E-state index contributed by atoms with van der Waals surface area (Å²) in [4.78, 5) is 21.9. The summed E-state index contributed by atoms with van der Waals surface area (Å²) in [5, 5.41) is 4.18. The van der Waals surface area contributed by atoms with E-state index in [9.17, 15) is 4.79 Å². The van der Waals surface area contributed by atoms with Crippen molar-refractivity contribution in [2.24, 2.45) is 0 Å². The molecule has 0 radical (unpaired) electrons. The van der Waals surface area contributed by atoms with Crippen LogP contribution in [0.2, 0.25) is 0 Å². The molecule has 3 rings (SSSR count). The van der Waals surface area contributed by atoms with Crippen molar-refractivity contribution in [1.29, 1.82) is 0 Å². The Morgan fingerprint density at radius 3 is 2.86 bits per heavy atom. The van der Waals surface area contributed by atoms with E-state index in [0.29, 0.717) is 10.7 Å². The number of nitrogens with one attached hydrogen (secondary N) is 1. The van der Waals surface area contributed by atoms with Crippen LogP contribution < -0.4 is 16.0 Å². The van der Waals surface area contributed by atoms with Gasteiger partial charge in [-0.15, -0.1) is 0 Å². The number of nitrogen functional groups attached to an aromatic ring is 1. The van der Waals surface area contributed by atoms with E-state index < -0.39 is 0 Å². The molecule has 1 aromatic rings. The van der Waals surface area contributed by atoms with Crippen molar-refractivity contribution in [2.45, 2.75) is 13.0 Å². The number of thiazole rings is 1. The minimum Gasteiger partial charge on any atom is -0.382 e. The molecule has 2 aliphatic rings. The molecule has 0 saturated carbocycles. The lowest BCUT2D eigenvalue weighted by atomic mass is 10.3. The molecule has 3 N–H and O–H groups in total. The average Bonchev–Trinajstić information content (AvgIpc) is 2.90. The van der Waals surface area contributed by atoms with Crippen LogP contribution in [0.5, 0.6) is 0 Å². The van der Waals surface area contributed by atoms with Gasteiger partial charge in [0.15, 0.2) is 5.13 Å². The molecule has 0 aromatic carbocycles. The number of hydrogen-bond donors (Lipinski definition) is 2. The third-order valence-electron chi connectivity index (χ3n) is 3.85. The number of nitrogens with two attached hydrogens (primary N) is 1. The number of carbonyl (C=O) groups excluding carboxylic acids is 1. The standard InChI is InChI=1S/C13H21N5OS2/c1-9-8-20-7-6-18(9)12(19)10-11(14)16-13(21-10)17-4-2-15-3-5-17/h9,15H,2-8,14H2,1H3. The highest BCUT2D eigenvalue weighted by Gasteiger charge is 2.29. The van der Waals surface area contributed by atoms with Crippen LogP contribution in [0.3, 0.4) is 0 Å². The number of rotatable bonds is 2. The van der Waals surface area contributed by atoms with Crippen LogP contribution in [-0.2, 0) is 0 Å². The first-order valence-electron chi connectivity index (χ1n) is 7.27. The summed E-state index contributed by atoms with van der Waals surface area (Å²) in [6.07, 6.45) is 0. The zero-order chi connectivity index (χ0) is 14.8. The predicted molar refractivity (Wildman–Crippen MR) is 89.4 cm³/mol. The zero-order valence-corrected chi connectivity index (χ0v) is 13.8. The molecule has 21 heavy (non-hydrogen) atoms. The van der Waals surface area contributed by atoms with Gasteiger partial charge in [-0.1, -0.05) is 11.3 Å². The van der Waals surface area contributed by atoms with Gasteiger partial charge in [-0.25, -0.2) is 4.98 Å². The Kier molecular flexibility index (Phi) is 4.56. The van der Waals surface area contributed by atoms with Gasteiger partial charge < -0.3 is 20.9 Å². The first-order valence-corrected chi connectivity index (χ1v) is 9.24. The molecular formula is C13H21N5OS2. The number of thioether (sulfide) groups is 1. The van der Waals surface area contributed by atoms with E-state index in [1.165, 1.54) is 11.3 Å². The maximum Gasteiger partial charge on any atom is 0.268 e. The molecule has 1 unspecified atom stereocenters. The Morgan fingerprint density at radius 1 is 1.38 bits per heavy atom. The van der Waals surface area contributed by atoms with Crippen LogP contribution in [0.4, 0.5) is 10.9 Å². The fourth-order valence-corrected chi connectivity index (χ4v) is 4.63. The Balaban J connectivity index is 1.78. The SMILES string of the molecule is CC1CSCCN1C(=O)c1sc(N2CCNCC2)nc1N. The number of piperazine rings is 1. The smallest absolute Gasteiger partial charge is 0.268 e. The van der Waals surface area contributed by atoms with E-state index in [1.807, 2.05) is 16.7 Å². The molecule has 1 atom stereocenters. The fourth-order valence-electron chi connectivity index (χ4n) is 2.62. The van der Waals surface area contributed by atoms with Gasteiger partial charge in [-0.3, -0.25) is 4.79 Å². The molecule has 8 heteroatoms. The molecule has 6 nitrogen and oxygen atoms in total. The van der Waals surface area contributed by atoms with Crippen LogP contribution in [0.15, 0.2) is 0 Å². The first kappa shape index (κ1) is 14.9. The predicted octanol–water partition coefficient (Wildman–Crippen LogP) is 0.712. The minimum atomic E-state index is 0.0409. The van der Waals surface area contributed by atoms with E-state index in [0.717, 1.165) is 49.4 Å². The molecule has 2 fully saturated rings. The lowest BCUT2D eigenvalue weighted by Gasteiger charge is -2.32. The lowest BCUT2D eigenvalue weighted by Crippen LogP contribution is -2.44. The molecule has 3 heterocycles. The lowest BCUT2D eigenvalue weighted by molar-refractivity contribution is 0.0722. The van der Waals surface area contributed by atoms with Crippen molar-refractivity contribution in [3.05, 3.63) is 4.88 Å². The average molecular weight is 327 g/mol. The van der Waals surface area contributed by atoms with Gasteiger partial charge in [0, 0.05) is 50.3 Å². The molecular weight excluding hydrogens is 306 g/mol. The normalized spacial score (nSPS) is 23.4. The number of nitrogens with zero attached hydrogens (tertiary/aromatic N) is 3. The quantitative estimate of drug-likeness (QED) is 0.833. The molecule has 0 aliphatic carbocycles. The van der Waals surface area contributed by atoms with Crippen LogP contribution in [-0.4, -0.2) is 66.1 Å². The van der Waals surface area contributed by atoms with E-state index >= 15 is 0 Å². The van der Waals surface area contributed by atoms with Crippen molar-refractivity contribution >= 4 is 40.0 Å². The van der Waals surface area contributed by atoms with Gasteiger partial charge >= 0.3 is 0 Å². The Bertz CT molecular complexity index is 515. The Hall–Kier alpha value is -0.990. The van der Waals surface area contributed by atoms with Crippen molar-refractivity contribution < 1.29 is 4.79 Å². The van der Waals surface area contributed by atoms with Crippen molar-refractivity contribution in [3.8, 4) is 0 Å². The largest absolute Gasteiger partial charge is 0.382 e. The third kappa shape index (κ3) is 3.12. The van der Waals surface area contributed by atoms with Gasteiger partial charge in [0.25, 0.3) is 5.91 Å². The second-order valence-electron chi connectivity index (χ2n) is 5.37. The summed E-state index contributed by atoms with van der Waals surface area (Å²) in [7, 11) is 0. The van der Waals surface area contributed by atoms with Crippen LogP contribution in [0.25, 0.3) is 0 Å². The van der Waals surface area contributed by atoms with E-state index in [-0.39, 0.29) is 11.9 Å². The van der Waals surface area contributed by atoms with Crippen molar-refractivity contribution in [3.63, 3.8) is 0 Å². The molecule has 1 aromatic heterocycles. The summed E-state index contributed by atoms with van der Waals surface area (Å²) in [5.41, 5.74) is 6.01. The number of amides is 1. The molecule has 116 valence electrons. The summed E-state index contributed by atoms with van der Waals surface area (Å²) < 4.78 is 0. The zero-order valence-electron chi connectivity index (χ0n) is 12.2. The van der Waals surface area contributed by atoms with Crippen molar-refractivity contribution in [2.75, 3.05) is 54.9 Å². The summed E-state index contributed by atoms with van der Waals surface area (Å²) in [6.45, 7) is 6.62. The number of hydrogen-bond acceptors (Lipinski definition) is 7. The van der Waals surface area contributed by atoms with Crippen LogP contribution >= 0.6 is 23.1 Å². The summed E-state index contributed by atoms with van der Waals surface area (Å²) in [5.74, 6) is 2.41. The molecule has 2 aliphatic heterocycles. The maximum atomic E-state index is 12.7. The topological polar surface area (TPSA) is 74.5 Å². The number of carbonyl (C=O) groups is 1. The third-order valence-corrected chi connectivity index (χ3v) is 6.16. The van der Waals surface area contributed by atoms with E-state index in [2.05, 4.69) is 22.1 Å². The molecule has 0 spiro atoms. The summed E-state index contributed by atoms with van der Waals surface area (Å²) >= 11 is 3.33. The Morgan fingerprint density at radius 2 is 2.14 bits per heavy atom. The second-order valence-corrected chi connectivity index (χ2v) is 7.50. The monoisotopic (exact) mass is 327 g/mol. The maximum absolute atomic E-state index is 12.7. The van der Waals surface area contributed by atoms with Gasteiger partial charge in [0.05, 0.1) is 0 Å².